The maximum atomic E-state index is 10.3. The van der Waals surface area contributed by atoms with Gasteiger partial charge >= 0.3 is 0 Å². The number of benzene rings is 2. The van der Waals surface area contributed by atoms with Gasteiger partial charge in [0, 0.05) is 11.6 Å². The highest BCUT2D eigenvalue weighted by Crippen LogP contribution is 2.32. The fraction of sp³-hybridized carbons (Fsp3) is 0.273. The molecule has 3 rings (SSSR count). The lowest BCUT2D eigenvalue weighted by Gasteiger charge is -2.16. The third-order valence-corrected chi connectivity index (χ3v) is 4.58. The molecule has 0 aliphatic heterocycles. The van der Waals surface area contributed by atoms with E-state index in [1.54, 1.807) is 25.3 Å². The quantitative estimate of drug-likeness (QED) is 0.572. The van der Waals surface area contributed by atoms with Crippen molar-refractivity contribution in [2.24, 2.45) is 0 Å². The molecule has 1 heterocycles. The summed E-state index contributed by atoms with van der Waals surface area (Å²) in [5.74, 6) is 1.25. The summed E-state index contributed by atoms with van der Waals surface area (Å²) in [5.41, 5.74) is 2.68. The van der Waals surface area contributed by atoms with E-state index in [1.165, 1.54) is 5.56 Å². The van der Waals surface area contributed by atoms with E-state index < -0.39 is 6.10 Å². The molecule has 1 atom stereocenters. The van der Waals surface area contributed by atoms with Crippen LogP contribution in [0.2, 0.25) is 5.15 Å². The van der Waals surface area contributed by atoms with Crippen LogP contribution in [0, 0.1) is 0 Å². The Morgan fingerprint density at radius 1 is 1.04 bits per heavy atom. The summed E-state index contributed by atoms with van der Waals surface area (Å²) in [5, 5.41) is 18.6. The number of rotatable bonds is 9. The first-order chi connectivity index (χ1) is 13.7. The minimum Gasteiger partial charge on any atom is -0.497 e. The fourth-order valence-electron chi connectivity index (χ4n) is 2.88. The minimum absolute atomic E-state index is 0.190. The number of halogens is 1. The van der Waals surface area contributed by atoms with Crippen LogP contribution >= 0.6 is 11.6 Å². The Morgan fingerprint density at radius 2 is 1.86 bits per heavy atom. The highest BCUT2D eigenvalue weighted by atomic mass is 35.5. The number of aliphatic hydroxyl groups is 1. The molecule has 6 heteroatoms. The van der Waals surface area contributed by atoms with Crippen LogP contribution in [-0.2, 0) is 6.42 Å². The van der Waals surface area contributed by atoms with Crippen molar-refractivity contribution in [1.29, 1.82) is 0 Å². The second-order valence-electron chi connectivity index (χ2n) is 6.45. The van der Waals surface area contributed by atoms with Gasteiger partial charge in [-0.05, 0) is 49.1 Å². The largest absolute Gasteiger partial charge is 0.497 e. The van der Waals surface area contributed by atoms with Crippen molar-refractivity contribution in [3.05, 3.63) is 71.4 Å². The molecule has 28 heavy (non-hydrogen) atoms. The molecule has 3 aromatic rings. The van der Waals surface area contributed by atoms with Gasteiger partial charge in [-0.3, -0.25) is 0 Å². The summed E-state index contributed by atoms with van der Waals surface area (Å²) in [4.78, 5) is 0. The molecule has 1 N–H and O–H groups in total. The standard InChI is InChI=1S/C22H23ClN2O3/c1-27-18-10-11-19(20-12-13-22(23)25-24-20)21(14-18)28-15-17(26)9-5-8-16-6-3-2-4-7-16/h2-4,6-7,10-14,17,26H,5,8-9,15H2,1H3. The second kappa shape index (κ2) is 10.1. The maximum absolute atomic E-state index is 10.3. The number of aromatic nitrogens is 2. The summed E-state index contributed by atoms with van der Waals surface area (Å²) in [6.07, 6.45) is 1.93. The fourth-order valence-corrected chi connectivity index (χ4v) is 2.98. The van der Waals surface area contributed by atoms with Crippen LogP contribution in [-0.4, -0.2) is 35.1 Å². The maximum Gasteiger partial charge on any atom is 0.151 e. The molecule has 0 aliphatic rings. The van der Waals surface area contributed by atoms with E-state index in [4.69, 9.17) is 21.1 Å². The lowest BCUT2D eigenvalue weighted by Crippen LogP contribution is -2.18. The number of aliphatic hydroxyl groups excluding tert-OH is 1. The molecule has 2 aromatic carbocycles. The van der Waals surface area contributed by atoms with Crippen LogP contribution < -0.4 is 9.47 Å². The molecule has 0 radical (unpaired) electrons. The van der Waals surface area contributed by atoms with E-state index >= 15 is 0 Å². The molecule has 0 amide bonds. The van der Waals surface area contributed by atoms with Crippen LogP contribution in [0.5, 0.6) is 11.5 Å². The van der Waals surface area contributed by atoms with Crippen molar-refractivity contribution in [2.75, 3.05) is 13.7 Å². The minimum atomic E-state index is -0.556. The van der Waals surface area contributed by atoms with Crippen molar-refractivity contribution in [2.45, 2.75) is 25.4 Å². The van der Waals surface area contributed by atoms with Gasteiger partial charge in [0.05, 0.1) is 18.9 Å². The topological polar surface area (TPSA) is 64.5 Å². The predicted molar refractivity (Wildman–Crippen MR) is 110 cm³/mol. The van der Waals surface area contributed by atoms with Crippen LogP contribution in [0.3, 0.4) is 0 Å². The van der Waals surface area contributed by atoms with E-state index in [9.17, 15) is 5.11 Å². The summed E-state index contributed by atoms with van der Waals surface area (Å²) in [6, 6.07) is 19.2. The molecular weight excluding hydrogens is 376 g/mol. The predicted octanol–water partition coefficient (Wildman–Crippen LogP) is 4.57. The van der Waals surface area contributed by atoms with Gasteiger partial charge in [0.15, 0.2) is 5.15 Å². The first-order valence-electron chi connectivity index (χ1n) is 9.18. The van der Waals surface area contributed by atoms with Crippen molar-refractivity contribution in [3.63, 3.8) is 0 Å². The molecule has 0 saturated heterocycles. The third-order valence-electron chi connectivity index (χ3n) is 4.37. The number of hydrogen-bond donors (Lipinski definition) is 1. The van der Waals surface area contributed by atoms with E-state index in [0.29, 0.717) is 28.8 Å². The average molecular weight is 399 g/mol. The van der Waals surface area contributed by atoms with Crippen molar-refractivity contribution < 1.29 is 14.6 Å². The van der Waals surface area contributed by atoms with Crippen molar-refractivity contribution in [3.8, 4) is 22.8 Å². The SMILES string of the molecule is COc1ccc(-c2ccc(Cl)nn2)c(OCC(O)CCCc2ccccc2)c1. The first-order valence-corrected chi connectivity index (χ1v) is 9.56. The van der Waals surface area contributed by atoms with E-state index in [0.717, 1.165) is 18.4 Å². The van der Waals surface area contributed by atoms with Crippen LogP contribution in [0.25, 0.3) is 11.3 Å². The summed E-state index contributed by atoms with van der Waals surface area (Å²) >= 11 is 5.82. The van der Waals surface area contributed by atoms with E-state index in [-0.39, 0.29) is 6.61 Å². The monoisotopic (exact) mass is 398 g/mol. The Bertz CT molecular complexity index is 873. The summed E-state index contributed by atoms with van der Waals surface area (Å²) in [7, 11) is 1.60. The Balaban J connectivity index is 1.61. The molecule has 0 spiro atoms. The van der Waals surface area contributed by atoms with Gasteiger partial charge < -0.3 is 14.6 Å². The molecule has 1 unspecified atom stereocenters. The van der Waals surface area contributed by atoms with E-state index in [2.05, 4.69) is 22.3 Å². The van der Waals surface area contributed by atoms with Crippen molar-refractivity contribution in [1.82, 2.24) is 10.2 Å². The highest BCUT2D eigenvalue weighted by molar-refractivity contribution is 6.29. The zero-order valence-electron chi connectivity index (χ0n) is 15.7. The van der Waals surface area contributed by atoms with E-state index in [1.807, 2.05) is 30.3 Å². The van der Waals surface area contributed by atoms with Gasteiger partial charge in [-0.2, -0.15) is 0 Å². The Morgan fingerprint density at radius 3 is 2.57 bits per heavy atom. The summed E-state index contributed by atoms with van der Waals surface area (Å²) in [6.45, 7) is 0.190. The second-order valence-corrected chi connectivity index (χ2v) is 6.83. The molecular formula is C22H23ClN2O3. The number of nitrogens with zero attached hydrogens (tertiary/aromatic N) is 2. The van der Waals surface area contributed by atoms with Gasteiger partial charge in [-0.15, -0.1) is 10.2 Å². The summed E-state index contributed by atoms with van der Waals surface area (Å²) < 4.78 is 11.2. The highest BCUT2D eigenvalue weighted by Gasteiger charge is 2.13. The molecule has 0 fully saturated rings. The van der Waals surface area contributed by atoms with Crippen LogP contribution in [0.4, 0.5) is 0 Å². The Kier molecular flexibility index (Phi) is 7.23. The average Bonchev–Trinajstić information content (AvgIpc) is 2.73. The van der Waals surface area contributed by atoms with Gasteiger partial charge in [-0.1, -0.05) is 41.9 Å². The zero-order valence-corrected chi connectivity index (χ0v) is 16.5. The van der Waals surface area contributed by atoms with Gasteiger partial charge in [0.2, 0.25) is 0 Å². The first kappa shape index (κ1) is 20.1. The molecule has 0 bridgehead atoms. The van der Waals surface area contributed by atoms with Crippen molar-refractivity contribution >= 4 is 11.6 Å². The van der Waals surface area contributed by atoms with Crippen LogP contribution in [0.15, 0.2) is 60.7 Å². The van der Waals surface area contributed by atoms with Gasteiger partial charge in [0.25, 0.3) is 0 Å². The van der Waals surface area contributed by atoms with Gasteiger partial charge in [-0.25, -0.2) is 0 Å². The third kappa shape index (κ3) is 5.68. The number of methoxy groups -OCH3 is 1. The molecule has 0 saturated carbocycles. The Labute approximate surface area is 169 Å². The molecule has 146 valence electrons. The number of aryl methyl sites for hydroxylation is 1. The molecule has 5 nitrogen and oxygen atoms in total. The van der Waals surface area contributed by atoms with Crippen LogP contribution in [0.1, 0.15) is 18.4 Å². The van der Waals surface area contributed by atoms with Gasteiger partial charge in [0.1, 0.15) is 18.1 Å². The zero-order chi connectivity index (χ0) is 19.8. The molecule has 1 aromatic heterocycles. The lowest BCUT2D eigenvalue weighted by atomic mass is 10.1. The normalized spacial score (nSPS) is 11.8. The lowest BCUT2D eigenvalue weighted by molar-refractivity contribution is 0.0984. The molecule has 0 aliphatic carbocycles. The Hall–Kier alpha value is -2.63. The number of ether oxygens (including phenoxy) is 2. The smallest absolute Gasteiger partial charge is 0.151 e. The number of hydrogen-bond acceptors (Lipinski definition) is 5.